The monoisotopic (exact) mass is 241 g/mol. The summed E-state index contributed by atoms with van der Waals surface area (Å²) in [6.45, 7) is 5.25. The van der Waals surface area contributed by atoms with Crippen molar-refractivity contribution in [3.05, 3.63) is 35.4 Å². The number of hydrogen-bond donors (Lipinski definition) is 1. The molecule has 1 unspecified atom stereocenters. The molecule has 0 aliphatic rings. The maximum absolute atomic E-state index is 3.44. The van der Waals surface area contributed by atoms with E-state index in [-0.39, 0.29) is 0 Å². The molecule has 72 valence electrons. The van der Waals surface area contributed by atoms with Gasteiger partial charge in [-0.3, -0.25) is 0 Å². The van der Waals surface area contributed by atoms with Crippen LogP contribution in [0.25, 0.3) is 0 Å². The maximum Gasteiger partial charge on any atom is 0.0208 e. The number of benzene rings is 1. The average molecular weight is 242 g/mol. The maximum atomic E-state index is 3.44. The normalized spacial score (nSPS) is 12.8. The van der Waals surface area contributed by atoms with Crippen molar-refractivity contribution in [2.75, 3.05) is 5.33 Å². The van der Waals surface area contributed by atoms with Gasteiger partial charge in [-0.05, 0) is 19.4 Å². The molecule has 13 heavy (non-hydrogen) atoms. The number of rotatable bonds is 4. The van der Waals surface area contributed by atoms with Crippen molar-refractivity contribution >= 4 is 15.9 Å². The molecule has 1 N–H and O–H groups in total. The summed E-state index contributed by atoms with van der Waals surface area (Å²) in [5.74, 6) is 0. The lowest BCUT2D eigenvalue weighted by atomic mass is 10.1. The van der Waals surface area contributed by atoms with Crippen LogP contribution in [-0.2, 0) is 6.54 Å². The number of aryl methyl sites for hydroxylation is 1. The number of halogens is 1. The Morgan fingerprint density at radius 2 is 2.23 bits per heavy atom. The summed E-state index contributed by atoms with van der Waals surface area (Å²) < 4.78 is 0. The van der Waals surface area contributed by atoms with Crippen LogP contribution in [0.1, 0.15) is 18.1 Å². The first-order chi connectivity index (χ1) is 6.22. The van der Waals surface area contributed by atoms with Gasteiger partial charge in [0.05, 0.1) is 0 Å². The first-order valence-electron chi connectivity index (χ1n) is 4.57. The Morgan fingerprint density at radius 3 is 2.85 bits per heavy atom. The minimum absolute atomic E-state index is 0.528. The molecule has 1 aromatic carbocycles. The molecule has 0 heterocycles. The predicted molar refractivity (Wildman–Crippen MR) is 61.3 cm³/mol. The van der Waals surface area contributed by atoms with Crippen LogP contribution in [0, 0.1) is 6.92 Å². The van der Waals surface area contributed by atoms with Crippen LogP contribution < -0.4 is 5.32 Å². The van der Waals surface area contributed by atoms with Gasteiger partial charge in [0.1, 0.15) is 0 Å². The van der Waals surface area contributed by atoms with E-state index in [0.717, 1.165) is 11.9 Å². The van der Waals surface area contributed by atoms with Crippen LogP contribution in [0.2, 0.25) is 0 Å². The van der Waals surface area contributed by atoms with Crippen LogP contribution in [-0.4, -0.2) is 11.4 Å². The largest absolute Gasteiger partial charge is 0.309 e. The number of nitrogens with one attached hydrogen (secondary N) is 1. The van der Waals surface area contributed by atoms with Crippen LogP contribution in [0.3, 0.4) is 0 Å². The molecule has 0 saturated carbocycles. The molecule has 0 amide bonds. The summed E-state index contributed by atoms with van der Waals surface area (Å²) in [6, 6.07) is 9.12. The highest BCUT2D eigenvalue weighted by molar-refractivity contribution is 9.09. The van der Waals surface area contributed by atoms with Crippen LogP contribution in [0.5, 0.6) is 0 Å². The molecule has 1 atom stereocenters. The predicted octanol–water partition coefficient (Wildman–Crippen LogP) is 2.87. The second kappa shape index (κ2) is 5.40. The Hall–Kier alpha value is -0.340. The molecule has 0 fully saturated rings. The number of alkyl halides is 1. The third-order valence-electron chi connectivity index (χ3n) is 1.97. The molecular weight excluding hydrogens is 226 g/mol. The quantitative estimate of drug-likeness (QED) is 0.800. The van der Waals surface area contributed by atoms with Gasteiger partial charge in [-0.2, -0.15) is 0 Å². The third-order valence-corrected chi connectivity index (χ3v) is 2.94. The molecule has 0 radical (unpaired) electrons. The Kier molecular flexibility index (Phi) is 4.46. The zero-order valence-electron chi connectivity index (χ0n) is 8.18. The molecule has 0 aliphatic heterocycles. The first kappa shape index (κ1) is 10.7. The van der Waals surface area contributed by atoms with Crippen molar-refractivity contribution in [2.45, 2.75) is 26.4 Å². The molecule has 0 aromatic heterocycles. The Morgan fingerprint density at radius 1 is 1.46 bits per heavy atom. The Bertz CT molecular complexity index is 260. The number of hydrogen-bond acceptors (Lipinski definition) is 1. The van der Waals surface area contributed by atoms with E-state index in [2.05, 4.69) is 59.4 Å². The van der Waals surface area contributed by atoms with Gasteiger partial charge >= 0.3 is 0 Å². The molecule has 1 nitrogen and oxygen atoms in total. The molecule has 0 bridgehead atoms. The van der Waals surface area contributed by atoms with Gasteiger partial charge in [0.2, 0.25) is 0 Å². The lowest BCUT2D eigenvalue weighted by molar-refractivity contribution is 0.598. The molecule has 2 heteroatoms. The van der Waals surface area contributed by atoms with Gasteiger partial charge in [0.25, 0.3) is 0 Å². The molecule has 0 spiro atoms. The summed E-state index contributed by atoms with van der Waals surface area (Å²) >= 11 is 3.44. The van der Waals surface area contributed by atoms with Crippen molar-refractivity contribution in [1.29, 1.82) is 0 Å². The molecular formula is C11H16BrN. The van der Waals surface area contributed by atoms with E-state index in [1.807, 2.05) is 0 Å². The van der Waals surface area contributed by atoms with Crippen molar-refractivity contribution in [2.24, 2.45) is 0 Å². The fourth-order valence-electron chi connectivity index (χ4n) is 1.17. The zero-order valence-corrected chi connectivity index (χ0v) is 9.76. The molecule has 0 aliphatic carbocycles. The lowest BCUT2D eigenvalue weighted by Crippen LogP contribution is -2.26. The van der Waals surface area contributed by atoms with E-state index in [1.54, 1.807) is 0 Å². The molecule has 1 rings (SSSR count). The highest BCUT2D eigenvalue weighted by Gasteiger charge is 1.98. The summed E-state index contributed by atoms with van der Waals surface area (Å²) in [6.07, 6.45) is 0. The van der Waals surface area contributed by atoms with Crippen molar-refractivity contribution in [3.63, 3.8) is 0 Å². The minimum Gasteiger partial charge on any atom is -0.309 e. The second-order valence-electron chi connectivity index (χ2n) is 3.43. The van der Waals surface area contributed by atoms with Crippen LogP contribution in [0.4, 0.5) is 0 Å². The van der Waals surface area contributed by atoms with E-state index in [9.17, 15) is 0 Å². The minimum atomic E-state index is 0.528. The smallest absolute Gasteiger partial charge is 0.0208 e. The highest BCUT2D eigenvalue weighted by Crippen LogP contribution is 2.03. The van der Waals surface area contributed by atoms with Crippen molar-refractivity contribution in [1.82, 2.24) is 5.32 Å². The average Bonchev–Trinajstić information content (AvgIpc) is 2.14. The van der Waals surface area contributed by atoms with E-state index >= 15 is 0 Å². The first-order valence-corrected chi connectivity index (χ1v) is 5.69. The van der Waals surface area contributed by atoms with Crippen LogP contribution in [0.15, 0.2) is 24.3 Å². The summed E-state index contributed by atoms with van der Waals surface area (Å²) in [4.78, 5) is 0. The fourth-order valence-corrected chi connectivity index (χ4v) is 1.40. The van der Waals surface area contributed by atoms with Crippen molar-refractivity contribution in [3.8, 4) is 0 Å². The molecule has 0 saturated heterocycles. The van der Waals surface area contributed by atoms with Gasteiger partial charge in [-0.15, -0.1) is 0 Å². The van der Waals surface area contributed by atoms with Gasteiger partial charge in [0, 0.05) is 17.9 Å². The highest BCUT2D eigenvalue weighted by atomic mass is 79.9. The van der Waals surface area contributed by atoms with Gasteiger partial charge in [-0.25, -0.2) is 0 Å². The van der Waals surface area contributed by atoms with Gasteiger partial charge in [-0.1, -0.05) is 45.8 Å². The Labute approximate surface area is 88.7 Å². The van der Waals surface area contributed by atoms with Crippen molar-refractivity contribution < 1.29 is 0 Å². The van der Waals surface area contributed by atoms with E-state index < -0.39 is 0 Å². The topological polar surface area (TPSA) is 12.0 Å². The second-order valence-corrected chi connectivity index (χ2v) is 4.07. The summed E-state index contributed by atoms with van der Waals surface area (Å²) in [5, 5.41) is 4.43. The SMILES string of the molecule is Cc1cccc(CNC(C)CBr)c1. The molecule has 1 aromatic rings. The standard InChI is InChI=1S/C11H16BrN/c1-9-4-3-5-11(6-9)8-13-10(2)7-12/h3-6,10,13H,7-8H2,1-2H3. The zero-order chi connectivity index (χ0) is 9.68. The van der Waals surface area contributed by atoms with Gasteiger partial charge < -0.3 is 5.32 Å². The summed E-state index contributed by atoms with van der Waals surface area (Å²) in [5.41, 5.74) is 2.68. The van der Waals surface area contributed by atoms with E-state index in [0.29, 0.717) is 6.04 Å². The lowest BCUT2D eigenvalue weighted by Gasteiger charge is -2.10. The Balaban J connectivity index is 2.45. The van der Waals surface area contributed by atoms with Crippen LogP contribution >= 0.6 is 15.9 Å². The summed E-state index contributed by atoms with van der Waals surface area (Å²) in [7, 11) is 0. The fraction of sp³-hybridized carbons (Fsp3) is 0.455. The van der Waals surface area contributed by atoms with Gasteiger partial charge in [0.15, 0.2) is 0 Å². The van der Waals surface area contributed by atoms with E-state index in [4.69, 9.17) is 0 Å². The third kappa shape index (κ3) is 3.92. The van der Waals surface area contributed by atoms with E-state index in [1.165, 1.54) is 11.1 Å².